The van der Waals surface area contributed by atoms with E-state index in [9.17, 15) is 4.79 Å². The second-order valence-corrected chi connectivity index (χ2v) is 4.32. The van der Waals surface area contributed by atoms with Gasteiger partial charge in [0, 0.05) is 6.42 Å². The minimum atomic E-state index is -0.718. The van der Waals surface area contributed by atoms with E-state index in [0.717, 1.165) is 18.6 Å². The number of benzene rings is 1. The summed E-state index contributed by atoms with van der Waals surface area (Å²) < 4.78 is 5.36. The number of aryl methyl sites for hydroxylation is 1. The number of carboxylic acid groups (broad SMARTS) is 1. The van der Waals surface area contributed by atoms with Crippen molar-refractivity contribution in [3.63, 3.8) is 0 Å². The van der Waals surface area contributed by atoms with E-state index >= 15 is 0 Å². The van der Waals surface area contributed by atoms with Crippen LogP contribution in [0.3, 0.4) is 0 Å². The number of aliphatic carboxylic acids is 1. The molecule has 17 heavy (non-hydrogen) atoms. The molecule has 1 unspecified atom stereocenters. The molecular formula is C14H20O3. The van der Waals surface area contributed by atoms with Crippen molar-refractivity contribution in [3.05, 3.63) is 29.8 Å². The summed E-state index contributed by atoms with van der Waals surface area (Å²) in [6.45, 7) is 4.61. The molecule has 3 heteroatoms. The predicted octanol–water partition coefficient (Wildman–Crippen LogP) is 3.13. The Bertz CT molecular complexity index is 343. The lowest BCUT2D eigenvalue weighted by Gasteiger charge is -2.09. The van der Waals surface area contributed by atoms with Gasteiger partial charge >= 0.3 is 5.97 Å². The predicted molar refractivity (Wildman–Crippen MR) is 67.3 cm³/mol. The molecule has 0 aromatic heterocycles. The summed E-state index contributed by atoms with van der Waals surface area (Å²) in [7, 11) is 0. The van der Waals surface area contributed by atoms with Gasteiger partial charge in [-0.2, -0.15) is 0 Å². The van der Waals surface area contributed by atoms with Gasteiger partial charge in [-0.25, -0.2) is 0 Å². The molecule has 0 aliphatic carbocycles. The monoisotopic (exact) mass is 236 g/mol. The first-order valence-electron chi connectivity index (χ1n) is 6.05. The van der Waals surface area contributed by atoms with Crippen molar-refractivity contribution in [2.24, 2.45) is 5.92 Å². The number of hydrogen-bond acceptors (Lipinski definition) is 2. The minimum absolute atomic E-state index is 0.221. The van der Waals surface area contributed by atoms with E-state index in [1.807, 2.05) is 38.1 Å². The quantitative estimate of drug-likeness (QED) is 0.791. The Morgan fingerprint density at radius 2 is 2.00 bits per heavy atom. The van der Waals surface area contributed by atoms with Crippen molar-refractivity contribution in [1.82, 2.24) is 0 Å². The Morgan fingerprint density at radius 1 is 1.35 bits per heavy atom. The van der Waals surface area contributed by atoms with Crippen LogP contribution in [0.1, 0.15) is 32.3 Å². The van der Waals surface area contributed by atoms with Crippen LogP contribution >= 0.6 is 0 Å². The fourth-order valence-corrected chi connectivity index (χ4v) is 1.73. The topological polar surface area (TPSA) is 46.5 Å². The van der Waals surface area contributed by atoms with E-state index in [0.29, 0.717) is 6.61 Å². The molecule has 0 bridgehead atoms. The summed E-state index contributed by atoms with van der Waals surface area (Å²) in [6, 6.07) is 8.00. The molecule has 0 radical (unpaired) electrons. The lowest BCUT2D eigenvalue weighted by atomic mass is 9.98. The lowest BCUT2D eigenvalue weighted by Crippen LogP contribution is -2.05. The fourth-order valence-electron chi connectivity index (χ4n) is 1.73. The minimum Gasteiger partial charge on any atom is -0.494 e. The molecule has 1 rings (SSSR count). The standard InChI is InChI=1S/C14H20O3/c1-3-17-13-8-6-12(7-9-13)5-4-11(2)10-14(15)16/h6-9,11H,3-5,10H2,1-2H3,(H,15,16). The Balaban J connectivity index is 2.38. The SMILES string of the molecule is CCOc1ccc(CCC(C)CC(=O)O)cc1. The van der Waals surface area contributed by atoms with Gasteiger partial charge in [-0.15, -0.1) is 0 Å². The number of rotatable bonds is 7. The molecule has 0 aliphatic heterocycles. The van der Waals surface area contributed by atoms with Gasteiger partial charge in [0.25, 0.3) is 0 Å². The van der Waals surface area contributed by atoms with E-state index in [4.69, 9.17) is 9.84 Å². The molecule has 0 heterocycles. The fraction of sp³-hybridized carbons (Fsp3) is 0.500. The maximum Gasteiger partial charge on any atom is 0.303 e. The second-order valence-electron chi connectivity index (χ2n) is 4.32. The third-order valence-electron chi connectivity index (χ3n) is 2.68. The van der Waals surface area contributed by atoms with Crippen LogP contribution in [0.15, 0.2) is 24.3 Å². The molecule has 1 aromatic carbocycles. The van der Waals surface area contributed by atoms with Crippen LogP contribution < -0.4 is 4.74 Å². The molecule has 0 spiro atoms. The van der Waals surface area contributed by atoms with E-state index in [1.165, 1.54) is 5.56 Å². The number of hydrogen-bond donors (Lipinski definition) is 1. The molecule has 1 N–H and O–H groups in total. The van der Waals surface area contributed by atoms with E-state index < -0.39 is 5.97 Å². The van der Waals surface area contributed by atoms with E-state index in [1.54, 1.807) is 0 Å². The first-order valence-corrected chi connectivity index (χ1v) is 6.05. The van der Waals surface area contributed by atoms with Gasteiger partial charge < -0.3 is 9.84 Å². The molecule has 0 amide bonds. The summed E-state index contributed by atoms with van der Waals surface area (Å²) in [4.78, 5) is 10.5. The van der Waals surface area contributed by atoms with Crippen molar-refractivity contribution in [2.45, 2.75) is 33.1 Å². The first-order chi connectivity index (χ1) is 8.11. The molecule has 0 saturated heterocycles. The van der Waals surface area contributed by atoms with Crippen molar-refractivity contribution >= 4 is 5.97 Å². The molecule has 94 valence electrons. The summed E-state index contributed by atoms with van der Waals surface area (Å²) in [5.41, 5.74) is 1.23. The Morgan fingerprint density at radius 3 is 2.53 bits per heavy atom. The first kappa shape index (κ1) is 13.6. The van der Waals surface area contributed by atoms with Crippen molar-refractivity contribution in [3.8, 4) is 5.75 Å². The molecular weight excluding hydrogens is 216 g/mol. The average Bonchev–Trinajstić information content (AvgIpc) is 2.28. The summed E-state index contributed by atoms with van der Waals surface area (Å²) in [5.74, 6) is 0.387. The zero-order valence-electron chi connectivity index (χ0n) is 10.5. The zero-order chi connectivity index (χ0) is 12.7. The smallest absolute Gasteiger partial charge is 0.303 e. The molecule has 1 aromatic rings. The van der Waals surface area contributed by atoms with Gasteiger partial charge in [-0.1, -0.05) is 19.1 Å². The highest BCUT2D eigenvalue weighted by molar-refractivity contribution is 5.66. The van der Waals surface area contributed by atoms with Crippen LogP contribution in [0, 0.1) is 5.92 Å². The third kappa shape index (κ3) is 5.38. The summed E-state index contributed by atoms with van der Waals surface area (Å²) in [5, 5.41) is 8.66. The van der Waals surface area contributed by atoms with E-state index in [-0.39, 0.29) is 12.3 Å². The van der Waals surface area contributed by atoms with Gasteiger partial charge in [-0.3, -0.25) is 4.79 Å². The van der Waals surface area contributed by atoms with Crippen molar-refractivity contribution < 1.29 is 14.6 Å². The second kappa shape index (κ2) is 6.94. The van der Waals surface area contributed by atoms with Crippen LogP contribution in [0.5, 0.6) is 5.75 Å². The van der Waals surface area contributed by atoms with Crippen LogP contribution in [0.25, 0.3) is 0 Å². The highest BCUT2D eigenvalue weighted by atomic mass is 16.5. The summed E-state index contributed by atoms with van der Waals surface area (Å²) in [6.07, 6.45) is 2.07. The van der Waals surface area contributed by atoms with Crippen LogP contribution in [-0.2, 0) is 11.2 Å². The maximum absolute atomic E-state index is 10.5. The Hall–Kier alpha value is -1.51. The molecule has 0 fully saturated rings. The van der Waals surface area contributed by atoms with Gasteiger partial charge in [0.2, 0.25) is 0 Å². The van der Waals surface area contributed by atoms with Crippen molar-refractivity contribution in [1.29, 1.82) is 0 Å². The van der Waals surface area contributed by atoms with E-state index in [2.05, 4.69) is 0 Å². The number of carbonyl (C=O) groups is 1. The highest BCUT2D eigenvalue weighted by Crippen LogP contribution is 2.16. The van der Waals surface area contributed by atoms with Crippen molar-refractivity contribution in [2.75, 3.05) is 6.61 Å². The van der Waals surface area contributed by atoms with Gasteiger partial charge in [-0.05, 0) is 43.4 Å². The van der Waals surface area contributed by atoms with Gasteiger partial charge in [0.05, 0.1) is 6.61 Å². The average molecular weight is 236 g/mol. The molecule has 3 nitrogen and oxygen atoms in total. The van der Waals surface area contributed by atoms with Crippen LogP contribution in [0.2, 0.25) is 0 Å². The summed E-state index contributed by atoms with van der Waals surface area (Å²) >= 11 is 0. The Labute approximate surface area is 102 Å². The number of ether oxygens (including phenoxy) is 1. The highest BCUT2D eigenvalue weighted by Gasteiger charge is 2.07. The van der Waals surface area contributed by atoms with Gasteiger partial charge in [0.1, 0.15) is 5.75 Å². The molecule has 0 aliphatic rings. The Kier molecular flexibility index (Phi) is 5.53. The lowest BCUT2D eigenvalue weighted by molar-refractivity contribution is -0.138. The number of carboxylic acids is 1. The third-order valence-corrected chi connectivity index (χ3v) is 2.68. The maximum atomic E-state index is 10.5. The van der Waals surface area contributed by atoms with Gasteiger partial charge in [0.15, 0.2) is 0 Å². The zero-order valence-corrected chi connectivity index (χ0v) is 10.5. The molecule has 0 saturated carbocycles. The normalized spacial score (nSPS) is 12.1. The van der Waals surface area contributed by atoms with Crippen LogP contribution in [-0.4, -0.2) is 17.7 Å². The molecule has 1 atom stereocenters. The van der Waals surface area contributed by atoms with Crippen LogP contribution in [0.4, 0.5) is 0 Å². The largest absolute Gasteiger partial charge is 0.494 e.